The fourth-order valence-corrected chi connectivity index (χ4v) is 5.94. The van der Waals surface area contributed by atoms with Crippen LogP contribution in [0, 0.1) is 6.92 Å². The summed E-state index contributed by atoms with van der Waals surface area (Å²) in [4.78, 5) is 11.1. The lowest BCUT2D eigenvalue weighted by atomic mass is 10.2. The van der Waals surface area contributed by atoms with Crippen LogP contribution in [0.2, 0.25) is 0 Å². The van der Waals surface area contributed by atoms with E-state index in [-0.39, 0.29) is 17.2 Å². The van der Waals surface area contributed by atoms with Gasteiger partial charge in [-0.05, 0) is 34.5 Å². The van der Waals surface area contributed by atoms with E-state index in [1.165, 1.54) is 6.07 Å². The predicted octanol–water partition coefficient (Wildman–Crippen LogP) is 1.03. The summed E-state index contributed by atoms with van der Waals surface area (Å²) in [5, 5.41) is 18.6. The number of aliphatic carboxylic acids is 1. The zero-order chi connectivity index (χ0) is 14.4. The number of carboxylic acids is 1. The molecule has 2 unspecified atom stereocenters. The molecule has 6 nitrogen and oxygen atoms in total. The van der Waals surface area contributed by atoms with Crippen LogP contribution in [-0.2, 0) is 14.8 Å². The topological polar surface area (TPSA) is 94.9 Å². The first kappa shape index (κ1) is 14.9. The highest BCUT2D eigenvalue weighted by atomic mass is 79.9. The maximum atomic E-state index is 12.4. The van der Waals surface area contributed by atoms with E-state index in [0.29, 0.717) is 3.79 Å². The Kier molecular flexibility index (Phi) is 4.03. The zero-order valence-corrected chi connectivity index (χ0v) is 13.1. The molecule has 9 heteroatoms. The monoisotopic (exact) mass is 369 g/mol. The minimum absolute atomic E-state index is 0.0808. The van der Waals surface area contributed by atoms with Crippen LogP contribution >= 0.6 is 27.3 Å². The number of halogens is 1. The van der Waals surface area contributed by atoms with Crippen LogP contribution in [0.25, 0.3) is 0 Å². The summed E-state index contributed by atoms with van der Waals surface area (Å²) in [6.07, 6.45) is -1.03. The van der Waals surface area contributed by atoms with E-state index in [0.717, 1.165) is 21.2 Å². The summed E-state index contributed by atoms with van der Waals surface area (Å²) in [5.41, 5.74) is 0.773. The SMILES string of the molecule is Cc1cc(S(=O)(=O)N2CC(O)CC2C(=O)O)sc1Br. The van der Waals surface area contributed by atoms with E-state index < -0.39 is 28.1 Å². The Morgan fingerprint density at radius 2 is 2.21 bits per heavy atom. The third kappa shape index (κ3) is 2.70. The summed E-state index contributed by atoms with van der Waals surface area (Å²) in [7, 11) is -3.89. The van der Waals surface area contributed by atoms with Gasteiger partial charge < -0.3 is 10.2 Å². The smallest absolute Gasteiger partial charge is 0.322 e. The molecule has 1 aromatic rings. The van der Waals surface area contributed by atoms with Gasteiger partial charge in [0.05, 0.1) is 9.89 Å². The molecule has 0 saturated carbocycles. The van der Waals surface area contributed by atoms with Crippen molar-refractivity contribution in [3.05, 3.63) is 15.4 Å². The number of carboxylic acid groups (broad SMARTS) is 1. The summed E-state index contributed by atoms with van der Waals surface area (Å²) in [6, 6.07) is 0.287. The highest BCUT2D eigenvalue weighted by Gasteiger charge is 2.44. The number of aryl methyl sites for hydroxylation is 1. The fraction of sp³-hybridized carbons (Fsp3) is 0.500. The summed E-state index contributed by atoms with van der Waals surface area (Å²) in [5.74, 6) is -1.24. The lowest BCUT2D eigenvalue weighted by Gasteiger charge is -2.19. The second kappa shape index (κ2) is 5.13. The molecule has 2 rings (SSSR count). The van der Waals surface area contributed by atoms with Crippen LogP contribution < -0.4 is 0 Å². The van der Waals surface area contributed by atoms with Crippen molar-refractivity contribution in [2.75, 3.05) is 6.54 Å². The number of rotatable bonds is 3. The van der Waals surface area contributed by atoms with Gasteiger partial charge in [0.25, 0.3) is 10.0 Å². The van der Waals surface area contributed by atoms with Crippen molar-refractivity contribution in [3.63, 3.8) is 0 Å². The number of carbonyl (C=O) groups is 1. The molecule has 0 spiro atoms. The van der Waals surface area contributed by atoms with Crippen LogP contribution in [0.15, 0.2) is 14.1 Å². The molecule has 1 aromatic heterocycles. The van der Waals surface area contributed by atoms with Crippen molar-refractivity contribution in [2.24, 2.45) is 0 Å². The average Bonchev–Trinajstić information content (AvgIpc) is 2.84. The average molecular weight is 370 g/mol. The molecule has 0 bridgehead atoms. The van der Waals surface area contributed by atoms with Crippen molar-refractivity contribution in [1.29, 1.82) is 0 Å². The lowest BCUT2D eigenvalue weighted by Crippen LogP contribution is -2.40. The Morgan fingerprint density at radius 1 is 1.58 bits per heavy atom. The van der Waals surface area contributed by atoms with Crippen LogP contribution in [-0.4, -0.2) is 47.6 Å². The Morgan fingerprint density at radius 3 is 2.68 bits per heavy atom. The van der Waals surface area contributed by atoms with Crippen molar-refractivity contribution in [2.45, 2.75) is 29.7 Å². The molecule has 106 valence electrons. The van der Waals surface area contributed by atoms with Crippen molar-refractivity contribution in [1.82, 2.24) is 4.31 Å². The summed E-state index contributed by atoms with van der Waals surface area (Å²) < 4.78 is 26.4. The van der Waals surface area contributed by atoms with Gasteiger partial charge in [-0.25, -0.2) is 8.42 Å². The standard InChI is InChI=1S/C10H12BrNO5S2/c1-5-2-8(18-9(5)11)19(16,17)12-4-6(13)3-7(12)10(14)15/h2,6-7,13H,3-4H2,1H3,(H,14,15). The normalized spacial score (nSPS) is 24.8. The van der Waals surface area contributed by atoms with Crippen molar-refractivity contribution in [3.8, 4) is 0 Å². The molecule has 0 aliphatic carbocycles. The Hall–Kier alpha value is -0.480. The molecule has 2 heterocycles. The number of nitrogens with zero attached hydrogens (tertiary/aromatic N) is 1. The maximum Gasteiger partial charge on any atom is 0.322 e. The highest BCUT2D eigenvalue weighted by Crippen LogP contribution is 2.35. The number of sulfonamides is 1. The molecular weight excluding hydrogens is 358 g/mol. The second-order valence-corrected chi connectivity index (χ2v) is 8.83. The molecule has 1 aliphatic rings. The van der Waals surface area contributed by atoms with Gasteiger partial charge in [0.15, 0.2) is 0 Å². The summed E-state index contributed by atoms with van der Waals surface area (Å²) in [6.45, 7) is 1.57. The molecule has 19 heavy (non-hydrogen) atoms. The molecule has 0 radical (unpaired) electrons. The highest BCUT2D eigenvalue weighted by molar-refractivity contribution is 9.11. The van der Waals surface area contributed by atoms with Gasteiger partial charge in [0.1, 0.15) is 10.3 Å². The van der Waals surface area contributed by atoms with E-state index in [9.17, 15) is 18.3 Å². The van der Waals surface area contributed by atoms with E-state index in [4.69, 9.17) is 5.11 Å². The number of β-amino-alcohol motifs (C(OH)–C–C–N with tert-alkyl or cyclic N) is 1. The maximum absolute atomic E-state index is 12.4. The van der Waals surface area contributed by atoms with Crippen molar-refractivity contribution >= 4 is 43.3 Å². The van der Waals surface area contributed by atoms with Gasteiger partial charge >= 0.3 is 5.97 Å². The van der Waals surface area contributed by atoms with Gasteiger partial charge in [-0.1, -0.05) is 0 Å². The summed E-state index contributed by atoms with van der Waals surface area (Å²) >= 11 is 4.28. The van der Waals surface area contributed by atoms with Crippen LogP contribution in [0.5, 0.6) is 0 Å². The first-order chi connectivity index (χ1) is 8.73. The Labute approximate surface area is 122 Å². The van der Waals surface area contributed by atoms with Gasteiger partial charge in [0.2, 0.25) is 0 Å². The molecular formula is C10H12BrNO5S2. The Bertz CT molecular complexity index is 592. The minimum Gasteiger partial charge on any atom is -0.480 e. The molecule has 2 N–H and O–H groups in total. The quantitative estimate of drug-likeness (QED) is 0.829. The van der Waals surface area contributed by atoms with Gasteiger partial charge in [-0.3, -0.25) is 4.79 Å². The fourth-order valence-electron chi connectivity index (χ4n) is 1.95. The van der Waals surface area contributed by atoms with Crippen LogP contribution in [0.4, 0.5) is 0 Å². The van der Waals surface area contributed by atoms with Gasteiger partial charge in [-0.2, -0.15) is 4.31 Å². The number of hydrogen-bond donors (Lipinski definition) is 2. The molecule has 0 aromatic carbocycles. The van der Waals surface area contributed by atoms with Gasteiger partial charge in [-0.15, -0.1) is 11.3 Å². The molecule has 1 aliphatic heterocycles. The third-order valence-electron chi connectivity index (χ3n) is 2.92. The van der Waals surface area contributed by atoms with E-state index in [1.807, 2.05) is 0 Å². The second-order valence-electron chi connectivity index (χ2n) is 4.34. The first-order valence-electron chi connectivity index (χ1n) is 5.42. The van der Waals surface area contributed by atoms with Gasteiger partial charge in [0, 0.05) is 13.0 Å². The first-order valence-corrected chi connectivity index (χ1v) is 8.47. The van der Waals surface area contributed by atoms with E-state index in [1.54, 1.807) is 6.92 Å². The van der Waals surface area contributed by atoms with Crippen molar-refractivity contribution < 1.29 is 23.4 Å². The number of aliphatic hydroxyl groups excluding tert-OH is 1. The number of thiophene rings is 1. The largest absolute Gasteiger partial charge is 0.480 e. The molecule has 1 saturated heterocycles. The zero-order valence-electron chi connectivity index (χ0n) is 9.91. The number of aliphatic hydroxyl groups is 1. The third-order valence-corrected chi connectivity index (χ3v) is 7.38. The minimum atomic E-state index is -3.89. The molecule has 1 fully saturated rings. The van der Waals surface area contributed by atoms with E-state index in [2.05, 4.69) is 15.9 Å². The van der Waals surface area contributed by atoms with Crippen LogP contribution in [0.1, 0.15) is 12.0 Å². The predicted molar refractivity (Wildman–Crippen MR) is 72.7 cm³/mol. The van der Waals surface area contributed by atoms with Crippen LogP contribution in [0.3, 0.4) is 0 Å². The van der Waals surface area contributed by atoms with E-state index >= 15 is 0 Å². The molecule has 0 amide bonds. The number of hydrogen-bond acceptors (Lipinski definition) is 5. The lowest BCUT2D eigenvalue weighted by molar-refractivity contribution is -0.140. The Balaban J connectivity index is 2.41. The molecule has 2 atom stereocenters.